The van der Waals surface area contributed by atoms with Gasteiger partial charge in [-0.1, -0.05) is 42.5 Å². The van der Waals surface area contributed by atoms with Crippen molar-refractivity contribution in [3.8, 4) is 0 Å². The zero-order valence-corrected chi connectivity index (χ0v) is 11.8. The number of nitrogens with one attached hydrogen (secondary N) is 1. The maximum absolute atomic E-state index is 5.66. The van der Waals surface area contributed by atoms with Crippen molar-refractivity contribution in [3.63, 3.8) is 0 Å². The fourth-order valence-corrected chi connectivity index (χ4v) is 2.70. The Hall–Kier alpha value is -1.42. The first-order valence-electron chi connectivity index (χ1n) is 7.25. The highest BCUT2D eigenvalue weighted by Gasteiger charge is 2.16. The SMILES string of the molecule is CC(NCC1COCCO1)c1cccc2ccccc12. The van der Waals surface area contributed by atoms with Gasteiger partial charge in [0.15, 0.2) is 0 Å². The minimum Gasteiger partial charge on any atom is -0.376 e. The number of ether oxygens (including phenoxy) is 2. The molecule has 2 unspecified atom stereocenters. The highest BCUT2D eigenvalue weighted by Crippen LogP contribution is 2.24. The number of rotatable bonds is 4. The van der Waals surface area contributed by atoms with Crippen LogP contribution in [0.2, 0.25) is 0 Å². The monoisotopic (exact) mass is 271 g/mol. The Bertz CT molecular complexity index is 558. The number of hydrogen-bond donors (Lipinski definition) is 1. The smallest absolute Gasteiger partial charge is 0.0933 e. The van der Waals surface area contributed by atoms with E-state index in [2.05, 4.69) is 54.7 Å². The maximum atomic E-state index is 5.66. The first-order chi connectivity index (χ1) is 9.84. The first kappa shape index (κ1) is 13.6. The number of fused-ring (bicyclic) bond motifs is 1. The van der Waals surface area contributed by atoms with Crippen molar-refractivity contribution in [1.82, 2.24) is 5.32 Å². The lowest BCUT2D eigenvalue weighted by Crippen LogP contribution is -2.38. The maximum Gasteiger partial charge on any atom is 0.0933 e. The predicted molar refractivity (Wildman–Crippen MR) is 80.9 cm³/mol. The average molecular weight is 271 g/mol. The quantitative estimate of drug-likeness (QED) is 0.927. The van der Waals surface area contributed by atoms with Gasteiger partial charge in [0.1, 0.15) is 0 Å². The fourth-order valence-electron chi connectivity index (χ4n) is 2.70. The van der Waals surface area contributed by atoms with E-state index in [1.807, 2.05) is 0 Å². The number of benzene rings is 2. The van der Waals surface area contributed by atoms with Crippen LogP contribution < -0.4 is 5.32 Å². The van der Waals surface area contributed by atoms with Crippen molar-refractivity contribution in [2.75, 3.05) is 26.4 Å². The molecule has 2 atom stereocenters. The van der Waals surface area contributed by atoms with Crippen LogP contribution in [0.3, 0.4) is 0 Å². The summed E-state index contributed by atoms with van der Waals surface area (Å²) in [6.45, 7) is 5.13. The van der Waals surface area contributed by atoms with Gasteiger partial charge < -0.3 is 14.8 Å². The minimum absolute atomic E-state index is 0.168. The van der Waals surface area contributed by atoms with Gasteiger partial charge in [0.25, 0.3) is 0 Å². The highest BCUT2D eigenvalue weighted by molar-refractivity contribution is 5.86. The molecule has 0 saturated carbocycles. The molecular formula is C17H21NO2. The van der Waals surface area contributed by atoms with Crippen molar-refractivity contribution in [2.24, 2.45) is 0 Å². The summed E-state index contributed by atoms with van der Waals surface area (Å²) < 4.78 is 11.1. The fraction of sp³-hybridized carbons (Fsp3) is 0.412. The first-order valence-corrected chi connectivity index (χ1v) is 7.25. The molecule has 1 saturated heterocycles. The Kier molecular flexibility index (Phi) is 4.31. The van der Waals surface area contributed by atoms with Gasteiger partial charge in [0.2, 0.25) is 0 Å². The molecule has 106 valence electrons. The van der Waals surface area contributed by atoms with Gasteiger partial charge in [0.05, 0.1) is 25.9 Å². The molecule has 0 bridgehead atoms. The average Bonchev–Trinajstić information content (AvgIpc) is 2.53. The summed E-state index contributed by atoms with van der Waals surface area (Å²) in [5.41, 5.74) is 1.33. The van der Waals surface area contributed by atoms with Gasteiger partial charge in [-0.25, -0.2) is 0 Å². The Balaban J connectivity index is 1.70. The normalized spacial score (nSPS) is 20.9. The zero-order chi connectivity index (χ0) is 13.8. The van der Waals surface area contributed by atoms with Crippen LogP contribution in [0, 0.1) is 0 Å². The zero-order valence-electron chi connectivity index (χ0n) is 11.8. The lowest BCUT2D eigenvalue weighted by Gasteiger charge is -2.25. The topological polar surface area (TPSA) is 30.5 Å². The molecule has 1 aliphatic heterocycles. The van der Waals surface area contributed by atoms with Crippen LogP contribution in [0.25, 0.3) is 10.8 Å². The van der Waals surface area contributed by atoms with Gasteiger partial charge in [-0.3, -0.25) is 0 Å². The van der Waals surface area contributed by atoms with Crippen molar-refractivity contribution in [3.05, 3.63) is 48.0 Å². The summed E-state index contributed by atoms with van der Waals surface area (Å²) in [5, 5.41) is 6.16. The van der Waals surface area contributed by atoms with Crippen LogP contribution in [-0.2, 0) is 9.47 Å². The largest absolute Gasteiger partial charge is 0.376 e. The van der Waals surface area contributed by atoms with E-state index in [1.165, 1.54) is 16.3 Å². The van der Waals surface area contributed by atoms with Gasteiger partial charge in [0, 0.05) is 12.6 Å². The van der Waals surface area contributed by atoms with Gasteiger partial charge in [-0.15, -0.1) is 0 Å². The summed E-state index contributed by atoms with van der Waals surface area (Å²) >= 11 is 0. The molecule has 3 rings (SSSR count). The summed E-state index contributed by atoms with van der Waals surface area (Å²) in [4.78, 5) is 0. The van der Waals surface area contributed by atoms with E-state index in [1.54, 1.807) is 0 Å². The third kappa shape index (κ3) is 3.01. The Labute approximate surface area is 119 Å². The molecule has 2 aromatic carbocycles. The molecule has 3 nitrogen and oxygen atoms in total. The molecule has 1 heterocycles. The molecule has 0 spiro atoms. The second kappa shape index (κ2) is 6.35. The van der Waals surface area contributed by atoms with E-state index in [-0.39, 0.29) is 6.10 Å². The Morgan fingerprint density at radius 3 is 2.85 bits per heavy atom. The predicted octanol–water partition coefficient (Wildman–Crippen LogP) is 2.91. The van der Waals surface area contributed by atoms with Crippen LogP contribution in [0.4, 0.5) is 0 Å². The molecule has 0 amide bonds. The van der Waals surface area contributed by atoms with Gasteiger partial charge >= 0.3 is 0 Å². The molecular weight excluding hydrogens is 250 g/mol. The van der Waals surface area contributed by atoms with Crippen LogP contribution in [0.15, 0.2) is 42.5 Å². The molecule has 1 N–H and O–H groups in total. The van der Waals surface area contributed by atoms with Crippen LogP contribution in [0.1, 0.15) is 18.5 Å². The van der Waals surface area contributed by atoms with Crippen LogP contribution >= 0.6 is 0 Å². The van der Waals surface area contributed by atoms with E-state index in [9.17, 15) is 0 Å². The van der Waals surface area contributed by atoms with Gasteiger partial charge in [-0.2, -0.15) is 0 Å². The Morgan fingerprint density at radius 2 is 2.00 bits per heavy atom. The van der Waals surface area contributed by atoms with E-state index >= 15 is 0 Å². The van der Waals surface area contributed by atoms with Crippen molar-refractivity contribution >= 4 is 10.8 Å². The summed E-state index contributed by atoms with van der Waals surface area (Å²) in [5.74, 6) is 0. The second-order valence-corrected chi connectivity index (χ2v) is 5.27. The molecule has 0 radical (unpaired) electrons. The van der Waals surface area contributed by atoms with E-state index in [0.29, 0.717) is 19.3 Å². The van der Waals surface area contributed by atoms with Crippen molar-refractivity contribution < 1.29 is 9.47 Å². The molecule has 0 aromatic heterocycles. The van der Waals surface area contributed by atoms with Crippen molar-refractivity contribution in [2.45, 2.75) is 19.1 Å². The third-order valence-electron chi connectivity index (χ3n) is 3.83. The van der Waals surface area contributed by atoms with E-state index < -0.39 is 0 Å². The van der Waals surface area contributed by atoms with E-state index in [0.717, 1.165) is 13.2 Å². The Morgan fingerprint density at radius 1 is 1.15 bits per heavy atom. The van der Waals surface area contributed by atoms with Crippen LogP contribution in [0.5, 0.6) is 0 Å². The standard InChI is InChI=1S/C17H21NO2/c1-13(18-11-15-12-19-9-10-20-15)16-8-4-6-14-5-2-3-7-17(14)16/h2-8,13,15,18H,9-12H2,1H3. The summed E-state index contributed by atoms with van der Waals surface area (Å²) in [7, 11) is 0. The van der Waals surface area contributed by atoms with Crippen LogP contribution in [-0.4, -0.2) is 32.5 Å². The minimum atomic E-state index is 0.168. The molecule has 1 fully saturated rings. The lowest BCUT2D eigenvalue weighted by molar-refractivity contribution is -0.0869. The third-order valence-corrected chi connectivity index (χ3v) is 3.83. The second-order valence-electron chi connectivity index (χ2n) is 5.27. The van der Waals surface area contributed by atoms with Gasteiger partial charge in [-0.05, 0) is 23.3 Å². The summed E-state index contributed by atoms with van der Waals surface area (Å²) in [6.07, 6.45) is 0.168. The number of hydrogen-bond acceptors (Lipinski definition) is 3. The molecule has 3 heteroatoms. The molecule has 1 aliphatic rings. The molecule has 20 heavy (non-hydrogen) atoms. The molecule has 2 aromatic rings. The van der Waals surface area contributed by atoms with E-state index in [4.69, 9.17) is 9.47 Å². The van der Waals surface area contributed by atoms with Crippen molar-refractivity contribution in [1.29, 1.82) is 0 Å². The summed E-state index contributed by atoms with van der Waals surface area (Å²) in [6, 6.07) is 15.3. The lowest BCUT2D eigenvalue weighted by atomic mass is 9.99. The molecule has 0 aliphatic carbocycles. The highest BCUT2D eigenvalue weighted by atomic mass is 16.6.